The Morgan fingerprint density at radius 3 is 2.60 bits per heavy atom. The Bertz CT molecular complexity index is 1370. The van der Waals surface area contributed by atoms with Crippen LogP contribution >= 0.6 is 11.6 Å². The van der Waals surface area contributed by atoms with Gasteiger partial charge in [0.1, 0.15) is 11.9 Å². The average molecular weight is 564 g/mol. The lowest BCUT2D eigenvalue weighted by atomic mass is 9.85. The molecule has 2 fully saturated rings. The number of benzene rings is 2. The highest BCUT2D eigenvalue weighted by Gasteiger charge is 2.26. The van der Waals surface area contributed by atoms with Crippen LogP contribution in [0.1, 0.15) is 49.9 Å². The van der Waals surface area contributed by atoms with Gasteiger partial charge in [0, 0.05) is 31.0 Å². The summed E-state index contributed by atoms with van der Waals surface area (Å²) in [6.07, 6.45) is 5.95. The third-order valence-electron chi connectivity index (χ3n) is 7.30. The van der Waals surface area contributed by atoms with Crippen LogP contribution in [-0.2, 0) is 16.0 Å². The highest BCUT2D eigenvalue weighted by atomic mass is 35.5. The number of hydrogen-bond donors (Lipinski definition) is 2. The first kappa shape index (κ1) is 27.8. The number of rotatable bonds is 10. The fourth-order valence-electron chi connectivity index (χ4n) is 4.94. The average Bonchev–Trinajstić information content (AvgIpc) is 2.92. The third-order valence-corrected chi connectivity index (χ3v) is 7.56. The number of nitrogens with zero attached hydrogens (tertiary/aromatic N) is 3. The zero-order valence-electron chi connectivity index (χ0n) is 22.0. The molecule has 2 aromatic carbocycles. The second-order valence-corrected chi connectivity index (χ2v) is 10.7. The molecule has 5 rings (SSSR count). The number of ether oxygens (including phenoxy) is 2. The maximum Gasteiger partial charge on any atom is 0.254 e. The monoisotopic (exact) mass is 563 g/mol. The molecule has 2 N–H and O–H groups in total. The first-order chi connectivity index (χ1) is 19.4. The van der Waals surface area contributed by atoms with Gasteiger partial charge >= 0.3 is 0 Å². The predicted molar refractivity (Wildman–Crippen MR) is 151 cm³/mol. The van der Waals surface area contributed by atoms with Crippen molar-refractivity contribution < 1.29 is 18.7 Å². The Kier molecular flexibility index (Phi) is 9.09. The molecule has 40 heavy (non-hydrogen) atoms. The molecular formula is C30H31ClFN5O3. The Balaban J connectivity index is 1.12. The Morgan fingerprint density at radius 2 is 1.90 bits per heavy atom. The molecule has 0 unspecified atom stereocenters. The van der Waals surface area contributed by atoms with Gasteiger partial charge in [-0.2, -0.15) is 9.37 Å². The molecule has 0 bridgehead atoms. The summed E-state index contributed by atoms with van der Waals surface area (Å²) in [6.45, 7) is 8.74. The first-order valence-electron chi connectivity index (χ1n) is 13.5. The molecule has 1 aromatic heterocycles. The van der Waals surface area contributed by atoms with Crippen LogP contribution in [0.3, 0.4) is 0 Å². The molecule has 1 aliphatic heterocycles. The van der Waals surface area contributed by atoms with Crippen molar-refractivity contribution in [1.82, 2.24) is 9.97 Å². The van der Waals surface area contributed by atoms with Gasteiger partial charge in [0.2, 0.25) is 11.7 Å². The molecule has 1 saturated carbocycles. The van der Waals surface area contributed by atoms with Gasteiger partial charge in [-0.25, -0.2) is 9.83 Å². The number of nitrogens with one attached hydrogen (secondary N) is 2. The second-order valence-electron chi connectivity index (χ2n) is 10.3. The van der Waals surface area contributed by atoms with E-state index in [1.807, 2.05) is 18.2 Å². The topological polar surface area (TPSA) is 89.7 Å². The Hall–Kier alpha value is -3.74. The second kappa shape index (κ2) is 13.1. The van der Waals surface area contributed by atoms with Gasteiger partial charge in [0.05, 0.1) is 30.2 Å². The minimum atomic E-state index is -0.587. The smallest absolute Gasteiger partial charge is 0.254 e. The fourth-order valence-corrected chi connectivity index (χ4v) is 5.07. The molecule has 1 saturated heterocycles. The van der Waals surface area contributed by atoms with Crippen LogP contribution in [0.25, 0.3) is 4.85 Å². The summed E-state index contributed by atoms with van der Waals surface area (Å²) in [5, 5.41) is 6.96. The largest absolute Gasteiger partial charge is 0.472 e. The van der Waals surface area contributed by atoms with Gasteiger partial charge < -0.3 is 20.1 Å². The first-order valence-corrected chi connectivity index (χ1v) is 13.9. The summed E-state index contributed by atoms with van der Waals surface area (Å²) >= 11 is 5.95. The molecule has 1 amide bonds. The van der Waals surface area contributed by atoms with E-state index in [1.54, 1.807) is 24.3 Å². The zero-order valence-corrected chi connectivity index (χ0v) is 22.8. The molecular weight excluding hydrogens is 533 g/mol. The molecule has 3 aromatic rings. The van der Waals surface area contributed by atoms with E-state index in [2.05, 4.69) is 25.4 Å². The standard InChI is InChI=1S/C30H31ClFN5O3/c1-33-22-8-11-26(34-17-24-12-13-39-24)27(16-22)36-29(38)15-20-4-9-23(10-5-20)40-30-25(32)18-35-28(37-30)14-19-2-6-21(31)7-3-19/h2-3,6-8,11,16,18,20,23-24,34H,4-5,9-10,12-15,17H2,(H,36,38)/t20?,23?,24-/m0/s1. The van der Waals surface area contributed by atoms with Crippen molar-refractivity contribution in [2.45, 2.75) is 57.2 Å². The van der Waals surface area contributed by atoms with E-state index < -0.39 is 5.82 Å². The van der Waals surface area contributed by atoms with Crippen LogP contribution in [0.5, 0.6) is 5.88 Å². The van der Waals surface area contributed by atoms with Crippen LogP contribution in [-0.4, -0.2) is 41.2 Å². The van der Waals surface area contributed by atoms with Crippen LogP contribution in [0.15, 0.2) is 48.7 Å². The van der Waals surface area contributed by atoms with E-state index in [4.69, 9.17) is 27.6 Å². The fraction of sp³-hybridized carbons (Fsp3) is 0.400. The van der Waals surface area contributed by atoms with Gasteiger partial charge in [-0.05, 0) is 67.9 Å². The van der Waals surface area contributed by atoms with Crippen molar-refractivity contribution in [3.8, 4) is 5.88 Å². The van der Waals surface area contributed by atoms with Gasteiger partial charge in [0.15, 0.2) is 5.69 Å². The van der Waals surface area contributed by atoms with Crippen LogP contribution < -0.4 is 15.4 Å². The summed E-state index contributed by atoms with van der Waals surface area (Å²) < 4.78 is 25.8. The molecule has 0 radical (unpaired) electrons. The van der Waals surface area contributed by atoms with Crippen molar-refractivity contribution in [2.24, 2.45) is 5.92 Å². The lowest BCUT2D eigenvalue weighted by Crippen LogP contribution is -2.33. The number of carbonyl (C=O) groups excluding carboxylic acids is 1. The van der Waals surface area contributed by atoms with Gasteiger partial charge in [0.25, 0.3) is 5.88 Å². The van der Waals surface area contributed by atoms with E-state index in [1.165, 1.54) is 0 Å². The molecule has 10 heteroatoms. The van der Waals surface area contributed by atoms with Crippen LogP contribution in [0.2, 0.25) is 5.02 Å². The Labute approximate surface area is 238 Å². The number of carbonyl (C=O) groups is 1. The number of amides is 1. The molecule has 2 heterocycles. The summed E-state index contributed by atoms with van der Waals surface area (Å²) in [6, 6.07) is 12.6. The normalized spacial score (nSPS) is 20.2. The number of hydrogen-bond acceptors (Lipinski definition) is 6. The van der Waals surface area contributed by atoms with E-state index in [0.717, 1.165) is 43.3 Å². The molecule has 0 spiro atoms. The van der Waals surface area contributed by atoms with Crippen molar-refractivity contribution >= 4 is 34.6 Å². The summed E-state index contributed by atoms with van der Waals surface area (Å²) in [5.74, 6) is -0.0496. The molecule has 2 aliphatic rings. The van der Waals surface area contributed by atoms with Crippen molar-refractivity contribution in [3.05, 3.63) is 82.3 Å². The zero-order chi connectivity index (χ0) is 27.9. The third kappa shape index (κ3) is 7.46. The molecule has 1 atom stereocenters. The predicted octanol–water partition coefficient (Wildman–Crippen LogP) is 6.58. The molecule has 208 valence electrons. The summed E-state index contributed by atoms with van der Waals surface area (Å²) in [7, 11) is 0. The van der Waals surface area contributed by atoms with E-state index in [-0.39, 0.29) is 29.9 Å². The van der Waals surface area contributed by atoms with Crippen LogP contribution in [0.4, 0.5) is 21.5 Å². The highest BCUT2D eigenvalue weighted by molar-refractivity contribution is 6.30. The van der Waals surface area contributed by atoms with E-state index in [9.17, 15) is 9.18 Å². The van der Waals surface area contributed by atoms with Crippen molar-refractivity contribution in [2.75, 3.05) is 23.8 Å². The lowest BCUT2D eigenvalue weighted by molar-refractivity contribution is -0.117. The maximum absolute atomic E-state index is 14.4. The molecule has 8 nitrogen and oxygen atoms in total. The molecule has 1 aliphatic carbocycles. The van der Waals surface area contributed by atoms with Gasteiger partial charge in [-0.1, -0.05) is 29.8 Å². The SMILES string of the molecule is [C-]#[N+]c1ccc(NC[C@@H]2CCO2)c(NC(=O)CC2CCC(Oc3nc(Cc4ccc(Cl)cc4)ncc3F)CC2)c1. The Morgan fingerprint density at radius 1 is 1.12 bits per heavy atom. The van der Waals surface area contributed by atoms with Gasteiger partial charge in [-0.3, -0.25) is 4.79 Å². The van der Waals surface area contributed by atoms with Crippen LogP contribution in [0, 0.1) is 18.3 Å². The quantitative estimate of drug-likeness (QED) is 0.271. The number of aromatic nitrogens is 2. The van der Waals surface area contributed by atoms with Crippen molar-refractivity contribution in [1.29, 1.82) is 0 Å². The number of halogens is 2. The van der Waals surface area contributed by atoms with Gasteiger partial charge in [-0.15, -0.1) is 0 Å². The minimum Gasteiger partial charge on any atom is -0.472 e. The van der Waals surface area contributed by atoms with E-state index in [0.29, 0.717) is 54.4 Å². The van der Waals surface area contributed by atoms with E-state index >= 15 is 0 Å². The summed E-state index contributed by atoms with van der Waals surface area (Å²) in [5.41, 5.74) is 2.81. The summed E-state index contributed by atoms with van der Waals surface area (Å²) in [4.78, 5) is 24.8. The lowest BCUT2D eigenvalue weighted by Gasteiger charge is -2.29. The highest BCUT2D eigenvalue weighted by Crippen LogP contribution is 2.32. The minimum absolute atomic E-state index is 0.0350. The maximum atomic E-state index is 14.4. The number of anilines is 2. The van der Waals surface area contributed by atoms with Crippen molar-refractivity contribution in [3.63, 3.8) is 0 Å².